The second-order valence-electron chi connectivity index (χ2n) is 6.32. The Kier molecular flexibility index (Phi) is 4.36. The lowest BCUT2D eigenvalue weighted by atomic mass is 9.97. The molecule has 0 N–H and O–H groups in total. The Labute approximate surface area is 142 Å². The number of hydrogen-bond donors (Lipinski definition) is 0. The molecule has 24 heavy (non-hydrogen) atoms. The molecule has 2 aromatic rings. The van der Waals surface area contributed by atoms with Gasteiger partial charge < -0.3 is 4.90 Å². The van der Waals surface area contributed by atoms with Crippen LogP contribution in [-0.2, 0) is 10.0 Å². The van der Waals surface area contributed by atoms with Crippen molar-refractivity contribution in [3.63, 3.8) is 0 Å². The molecule has 1 heterocycles. The maximum Gasteiger partial charge on any atom is 0.264 e. The minimum absolute atomic E-state index is 0.125. The summed E-state index contributed by atoms with van der Waals surface area (Å²) in [5.41, 5.74) is 2.02. The average Bonchev–Trinajstić information content (AvgIpc) is 2.55. The van der Waals surface area contributed by atoms with Gasteiger partial charge in [-0.05, 0) is 62.8 Å². The van der Waals surface area contributed by atoms with Crippen molar-refractivity contribution in [3.8, 4) is 0 Å². The number of rotatable bonds is 3. The van der Waals surface area contributed by atoms with Crippen LogP contribution in [0.5, 0.6) is 0 Å². The summed E-state index contributed by atoms with van der Waals surface area (Å²) in [6.07, 6.45) is 0.712. The van der Waals surface area contributed by atoms with Gasteiger partial charge in [-0.15, -0.1) is 0 Å². The van der Waals surface area contributed by atoms with Gasteiger partial charge in [0.1, 0.15) is 5.82 Å². The molecule has 0 aliphatic carbocycles. The Balaban J connectivity index is 2.08. The molecule has 0 radical (unpaired) electrons. The van der Waals surface area contributed by atoms with Gasteiger partial charge in [0.15, 0.2) is 0 Å². The van der Waals surface area contributed by atoms with Crippen LogP contribution >= 0.6 is 0 Å². The zero-order chi connectivity index (χ0) is 17.5. The van der Waals surface area contributed by atoms with E-state index in [0.29, 0.717) is 24.2 Å². The highest BCUT2D eigenvalue weighted by Gasteiger charge is 2.33. The van der Waals surface area contributed by atoms with E-state index in [1.807, 2.05) is 38.4 Å². The molecule has 1 aliphatic rings. The molecule has 1 unspecified atom stereocenters. The Morgan fingerprint density at radius 2 is 1.88 bits per heavy atom. The molecule has 0 amide bonds. The summed E-state index contributed by atoms with van der Waals surface area (Å²) in [4.78, 5) is 2.23. The third kappa shape index (κ3) is 2.80. The molecule has 6 heteroatoms. The molecular formula is C18H21FN2O2S. The van der Waals surface area contributed by atoms with Crippen molar-refractivity contribution >= 4 is 15.7 Å². The van der Waals surface area contributed by atoms with Gasteiger partial charge in [0.05, 0.1) is 10.6 Å². The Bertz CT molecular complexity index is 865. The van der Waals surface area contributed by atoms with Crippen molar-refractivity contribution in [2.24, 2.45) is 0 Å². The van der Waals surface area contributed by atoms with E-state index in [-0.39, 0.29) is 10.9 Å². The van der Waals surface area contributed by atoms with Gasteiger partial charge in [-0.25, -0.2) is 12.8 Å². The largest absolute Gasteiger partial charge is 0.302 e. The van der Waals surface area contributed by atoms with Gasteiger partial charge in [-0.2, -0.15) is 0 Å². The van der Waals surface area contributed by atoms with Crippen LogP contribution in [0, 0.1) is 12.7 Å². The standard InChI is InChI=1S/C18H21FN2O2S/c1-13-12-14(8-9-16(13)19)24(22,23)21-11-10-17(20(2)3)15-6-4-5-7-18(15)21/h4-9,12,17H,10-11H2,1-3H3. The van der Waals surface area contributed by atoms with E-state index in [9.17, 15) is 12.8 Å². The van der Waals surface area contributed by atoms with E-state index < -0.39 is 15.8 Å². The lowest BCUT2D eigenvalue weighted by Crippen LogP contribution is -2.39. The van der Waals surface area contributed by atoms with Crippen molar-refractivity contribution in [3.05, 3.63) is 59.4 Å². The van der Waals surface area contributed by atoms with E-state index in [1.165, 1.54) is 22.5 Å². The Morgan fingerprint density at radius 1 is 1.17 bits per heavy atom. The zero-order valence-corrected chi connectivity index (χ0v) is 14.8. The van der Waals surface area contributed by atoms with Crippen LogP contribution in [0.4, 0.5) is 10.1 Å². The van der Waals surface area contributed by atoms with E-state index in [0.717, 1.165) is 5.56 Å². The highest BCUT2D eigenvalue weighted by Crippen LogP contribution is 2.39. The maximum absolute atomic E-state index is 13.5. The molecule has 0 fully saturated rings. The molecule has 128 valence electrons. The number of para-hydroxylation sites is 1. The van der Waals surface area contributed by atoms with Gasteiger partial charge in [0.2, 0.25) is 0 Å². The van der Waals surface area contributed by atoms with Crippen LogP contribution in [0.15, 0.2) is 47.4 Å². The van der Waals surface area contributed by atoms with E-state index in [2.05, 4.69) is 4.90 Å². The fourth-order valence-electron chi connectivity index (χ4n) is 3.20. The number of aryl methyl sites for hydroxylation is 1. The smallest absolute Gasteiger partial charge is 0.264 e. The van der Waals surface area contributed by atoms with Crippen molar-refractivity contribution in [2.45, 2.75) is 24.3 Å². The van der Waals surface area contributed by atoms with Crippen molar-refractivity contribution < 1.29 is 12.8 Å². The van der Waals surface area contributed by atoms with Crippen molar-refractivity contribution in [2.75, 3.05) is 24.9 Å². The highest BCUT2D eigenvalue weighted by molar-refractivity contribution is 7.92. The number of anilines is 1. The van der Waals surface area contributed by atoms with Crippen molar-refractivity contribution in [1.82, 2.24) is 4.90 Å². The summed E-state index contributed by atoms with van der Waals surface area (Å²) in [6, 6.07) is 11.7. The summed E-state index contributed by atoms with van der Waals surface area (Å²) in [5.74, 6) is -0.402. The molecule has 0 aromatic heterocycles. The summed E-state index contributed by atoms with van der Waals surface area (Å²) in [7, 11) is 0.274. The normalized spacial score (nSPS) is 17.9. The first-order valence-corrected chi connectivity index (χ1v) is 9.30. The topological polar surface area (TPSA) is 40.6 Å². The van der Waals surface area contributed by atoms with Crippen LogP contribution in [-0.4, -0.2) is 34.0 Å². The molecule has 1 atom stereocenters. The van der Waals surface area contributed by atoms with Gasteiger partial charge in [-0.1, -0.05) is 18.2 Å². The Morgan fingerprint density at radius 3 is 2.54 bits per heavy atom. The average molecular weight is 348 g/mol. The Hall–Kier alpha value is -1.92. The molecule has 1 aliphatic heterocycles. The van der Waals surface area contributed by atoms with Gasteiger partial charge in [0, 0.05) is 12.6 Å². The fourth-order valence-corrected chi connectivity index (χ4v) is 4.79. The number of fused-ring (bicyclic) bond motifs is 1. The highest BCUT2D eigenvalue weighted by atomic mass is 32.2. The quantitative estimate of drug-likeness (QED) is 0.854. The summed E-state index contributed by atoms with van der Waals surface area (Å²) >= 11 is 0. The predicted molar refractivity (Wildman–Crippen MR) is 93.2 cm³/mol. The third-order valence-electron chi connectivity index (χ3n) is 4.51. The summed E-state index contributed by atoms with van der Waals surface area (Å²) < 4.78 is 41.1. The second-order valence-corrected chi connectivity index (χ2v) is 8.18. The monoisotopic (exact) mass is 348 g/mol. The van der Waals surface area contributed by atoms with E-state index in [1.54, 1.807) is 6.92 Å². The van der Waals surface area contributed by atoms with Gasteiger partial charge in [0.25, 0.3) is 10.0 Å². The van der Waals surface area contributed by atoms with Gasteiger partial charge in [-0.3, -0.25) is 4.31 Å². The fraction of sp³-hybridized carbons (Fsp3) is 0.333. The molecule has 2 aromatic carbocycles. The van der Waals surface area contributed by atoms with Crippen LogP contribution in [0.25, 0.3) is 0 Å². The number of halogens is 1. The minimum Gasteiger partial charge on any atom is -0.302 e. The first-order chi connectivity index (χ1) is 11.3. The molecule has 0 saturated heterocycles. The van der Waals surface area contributed by atoms with Crippen LogP contribution in [0.2, 0.25) is 0 Å². The van der Waals surface area contributed by atoms with Gasteiger partial charge >= 0.3 is 0 Å². The predicted octanol–water partition coefficient (Wildman–Crippen LogP) is 3.34. The maximum atomic E-state index is 13.5. The third-order valence-corrected chi connectivity index (χ3v) is 6.32. The summed E-state index contributed by atoms with van der Waals surface area (Å²) in [6.45, 7) is 1.97. The summed E-state index contributed by atoms with van der Waals surface area (Å²) in [5, 5.41) is 0. The molecule has 0 bridgehead atoms. The first-order valence-electron chi connectivity index (χ1n) is 7.86. The van der Waals surface area contributed by atoms with Crippen molar-refractivity contribution in [1.29, 1.82) is 0 Å². The number of hydrogen-bond acceptors (Lipinski definition) is 3. The SMILES string of the molecule is Cc1cc(S(=O)(=O)N2CCC(N(C)C)c3ccccc32)ccc1F. The van der Waals surface area contributed by atoms with E-state index >= 15 is 0 Å². The molecule has 3 rings (SSSR count). The molecule has 4 nitrogen and oxygen atoms in total. The first kappa shape index (κ1) is 16.9. The molecule has 0 spiro atoms. The number of sulfonamides is 1. The minimum atomic E-state index is -3.72. The van der Waals surface area contributed by atoms with Crippen LogP contribution in [0.1, 0.15) is 23.6 Å². The molecular weight excluding hydrogens is 327 g/mol. The lowest BCUT2D eigenvalue weighted by Gasteiger charge is -2.37. The lowest BCUT2D eigenvalue weighted by molar-refractivity contribution is 0.281. The molecule has 0 saturated carbocycles. The van der Waals surface area contributed by atoms with Crippen LogP contribution in [0.3, 0.4) is 0 Å². The number of nitrogens with zero attached hydrogens (tertiary/aromatic N) is 2. The van der Waals surface area contributed by atoms with E-state index in [4.69, 9.17) is 0 Å². The zero-order valence-electron chi connectivity index (χ0n) is 14.0. The van der Waals surface area contributed by atoms with Crippen LogP contribution < -0.4 is 4.31 Å². The number of benzene rings is 2. The second kappa shape index (κ2) is 6.18.